The van der Waals surface area contributed by atoms with Crippen LogP contribution >= 0.6 is 0 Å². The molecule has 0 fully saturated rings. The highest BCUT2D eigenvalue weighted by Gasteiger charge is 2.32. The Labute approximate surface area is 110 Å². The zero-order chi connectivity index (χ0) is 13.2. The summed E-state index contributed by atoms with van der Waals surface area (Å²) in [6.07, 6.45) is 4.59. The highest BCUT2D eigenvalue weighted by molar-refractivity contribution is 5.35. The Balaban J connectivity index is 2.22. The second-order valence-corrected chi connectivity index (χ2v) is 6.01. The molecular weight excluding hydrogens is 222 g/mol. The molecule has 0 spiro atoms. The molecule has 1 aliphatic rings. The normalized spacial score (nSPS) is 17.8. The quantitative estimate of drug-likeness (QED) is 0.838. The van der Waals surface area contributed by atoms with Gasteiger partial charge in [0.1, 0.15) is 0 Å². The van der Waals surface area contributed by atoms with Crippen LogP contribution < -0.4 is 5.73 Å². The molecule has 18 heavy (non-hydrogen) atoms. The molecule has 0 amide bonds. The van der Waals surface area contributed by atoms with Crippen molar-refractivity contribution in [1.82, 2.24) is 0 Å². The van der Waals surface area contributed by atoms with Crippen molar-refractivity contribution in [1.29, 1.82) is 0 Å². The Kier molecular flexibility index (Phi) is 4.08. The SMILES string of the molecule is CC(C)C(CN)(CO)Cc1ccc2c(c1)CCC2. The molecule has 1 aliphatic carbocycles. The van der Waals surface area contributed by atoms with Crippen LogP contribution in [-0.4, -0.2) is 18.3 Å². The molecule has 2 rings (SSSR count). The molecule has 0 heterocycles. The van der Waals surface area contributed by atoms with Crippen LogP contribution in [0, 0.1) is 11.3 Å². The minimum absolute atomic E-state index is 0.165. The third-order valence-corrected chi connectivity index (χ3v) is 4.67. The molecule has 0 bridgehead atoms. The molecule has 1 atom stereocenters. The largest absolute Gasteiger partial charge is 0.396 e. The Hall–Kier alpha value is -0.860. The predicted octanol–water partition coefficient (Wildman–Crippen LogP) is 2.31. The summed E-state index contributed by atoms with van der Waals surface area (Å²) >= 11 is 0. The molecule has 1 aromatic carbocycles. The summed E-state index contributed by atoms with van der Waals surface area (Å²) in [7, 11) is 0. The van der Waals surface area contributed by atoms with E-state index in [1.807, 2.05) is 0 Å². The van der Waals surface area contributed by atoms with Crippen LogP contribution in [0.1, 0.15) is 37.0 Å². The minimum Gasteiger partial charge on any atom is -0.396 e. The Morgan fingerprint density at radius 3 is 2.61 bits per heavy atom. The topological polar surface area (TPSA) is 46.2 Å². The van der Waals surface area contributed by atoms with Gasteiger partial charge >= 0.3 is 0 Å². The van der Waals surface area contributed by atoms with Crippen molar-refractivity contribution in [3.05, 3.63) is 34.9 Å². The van der Waals surface area contributed by atoms with E-state index in [9.17, 15) is 5.11 Å². The number of aliphatic hydroxyl groups excluding tert-OH is 1. The van der Waals surface area contributed by atoms with Crippen LogP contribution in [0.5, 0.6) is 0 Å². The van der Waals surface area contributed by atoms with E-state index in [0.29, 0.717) is 12.5 Å². The van der Waals surface area contributed by atoms with Crippen molar-refractivity contribution in [2.75, 3.05) is 13.2 Å². The maximum atomic E-state index is 9.72. The molecule has 0 aromatic heterocycles. The number of hydrogen-bond donors (Lipinski definition) is 2. The summed E-state index contributed by atoms with van der Waals surface area (Å²) in [5.41, 5.74) is 10.1. The van der Waals surface area contributed by atoms with E-state index >= 15 is 0 Å². The van der Waals surface area contributed by atoms with Gasteiger partial charge in [0.25, 0.3) is 0 Å². The lowest BCUT2D eigenvalue weighted by atomic mass is 9.73. The molecule has 3 N–H and O–H groups in total. The Morgan fingerprint density at radius 1 is 1.28 bits per heavy atom. The fourth-order valence-electron chi connectivity index (χ4n) is 2.96. The Morgan fingerprint density at radius 2 is 2.00 bits per heavy atom. The maximum Gasteiger partial charge on any atom is 0.0505 e. The van der Waals surface area contributed by atoms with Crippen molar-refractivity contribution < 1.29 is 5.11 Å². The number of benzene rings is 1. The van der Waals surface area contributed by atoms with E-state index in [1.165, 1.54) is 36.0 Å². The summed E-state index contributed by atoms with van der Waals surface area (Å²) in [5, 5.41) is 9.72. The Bertz CT molecular complexity index is 408. The van der Waals surface area contributed by atoms with Crippen molar-refractivity contribution >= 4 is 0 Å². The van der Waals surface area contributed by atoms with E-state index in [0.717, 1.165) is 6.42 Å². The van der Waals surface area contributed by atoms with Crippen LogP contribution in [-0.2, 0) is 19.3 Å². The first-order chi connectivity index (χ1) is 8.61. The fraction of sp³-hybridized carbons (Fsp3) is 0.625. The summed E-state index contributed by atoms with van der Waals surface area (Å²) in [6.45, 7) is 5.00. The third-order valence-electron chi connectivity index (χ3n) is 4.67. The molecule has 0 saturated heterocycles. The van der Waals surface area contributed by atoms with Crippen molar-refractivity contribution in [3.63, 3.8) is 0 Å². The van der Waals surface area contributed by atoms with Crippen LogP contribution in [0.3, 0.4) is 0 Å². The number of nitrogens with two attached hydrogens (primary N) is 1. The first-order valence-electron chi connectivity index (χ1n) is 7.03. The number of fused-ring (bicyclic) bond motifs is 1. The van der Waals surface area contributed by atoms with Gasteiger partial charge in [-0.15, -0.1) is 0 Å². The fourth-order valence-corrected chi connectivity index (χ4v) is 2.96. The van der Waals surface area contributed by atoms with E-state index in [1.54, 1.807) is 0 Å². The smallest absolute Gasteiger partial charge is 0.0505 e. The zero-order valence-corrected chi connectivity index (χ0v) is 11.6. The van der Waals surface area contributed by atoms with E-state index in [4.69, 9.17) is 5.73 Å². The van der Waals surface area contributed by atoms with Gasteiger partial charge in [-0.3, -0.25) is 0 Å². The van der Waals surface area contributed by atoms with Crippen molar-refractivity contribution in [2.24, 2.45) is 17.1 Å². The number of hydrogen-bond acceptors (Lipinski definition) is 2. The average Bonchev–Trinajstić information content (AvgIpc) is 2.83. The highest BCUT2D eigenvalue weighted by Crippen LogP contribution is 2.32. The molecule has 1 aromatic rings. The zero-order valence-electron chi connectivity index (χ0n) is 11.6. The lowest BCUT2D eigenvalue weighted by Crippen LogP contribution is -2.41. The van der Waals surface area contributed by atoms with E-state index in [-0.39, 0.29) is 12.0 Å². The van der Waals surface area contributed by atoms with Crippen molar-refractivity contribution in [3.8, 4) is 0 Å². The second kappa shape index (κ2) is 5.41. The van der Waals surface area contributed by atoms with Gasteiger partial charge in [0.15, 0.2) is 0 Å². The summed E-state index contributed by atoms with van der Waals surface area (Å²) in [5.74, 6) is 0.390. The van der Waals surface area contributed by atoms with Crippen LogP contribution in [0.15, 0.2) is 18.2 Å². The monoisotopic (exact) mass is 247 g/mol. The molecule has 0 aliphatic heterocycles. The van der Waals surface area contributed by atoms with Crippen LogP contribution in [0.4, 0.5) is 0 Å². The second-order valence-electron chi connectivity index (χ2n) is 6.01. The lowest BCUT2D eigenvalue weighted by molar-refractivity contribution is 0.0842. The maximum absolute atomic E-state index is 9.72. The summed E-state index contributed by atoms with van der Waals surface area (Å²) in [4.78, 5) is 0. The van der Waals surface area contributed by atoms with Crippen LogP contribution in [0.2, 0.25) is 0 Å². The lowest BCUT2D eigenvalue weighted by Gasteiger charge is -2.35. The molecule has 2 heteroatoms. The standard InChI is InChI=1S/C16H25NO/c1-12(2)16(10-17,11-18)9-13-6-7-14-4-3-5-15(14)8-13/h6-8,12,18H,3-5,9-11,17H2,1-2H3. The van der Waals surface area contributed by atoms with Gasteiger partial charge in [-0.25, -0.2) is 0 Å². The minimum atomic E-state index is -0.174. The third kappa shape index (κ3) is 2.45. The van der Waals surface area contributed by atoms with Gasteiger partial charge < -0.3 is 10.8 Å². The van der Waals surface area contributed by atoms with Crippen molar-refractivity contribution in [2.45, 2.75) is 39.5 Å². The van der Waals surface area contributed by atoms with Gasteiger partial charge in [0, 0.05) is 12.0 Å². The number of rotatable bonds is 5. The molecule has 0 saturated carbocycles. The van der Waals surface area contributed by atoms with E-state index < -0.39 is 0 Å². The first kappa shape index (κ1) is 13.6. The van der Waals surface area contributed by atoms with Gasteiger partial charge in [-0.2, -0.15) is 0 Å². The van der Waals surface area contributed by atoms with Gasteiger partial charge in [-0.05, 0) is 48.3 Å². The predicted molar refractivity (Wildman–Crippen MR) is 75.6 cm³/mol. The molecule has 1 unspecified atom stereocenters. The molecule has 2 nitrogen and oxygen atoms in total. The number of aliphatic hydroxyl groups is 1. The van der Waals surface area contributed by atoms with E-state index in [2.05, 4.69) is 32.0 Å². The molecular formula is C16H25NO. The van der Waals surface area contributed by atoms with Gasteiger partial charge in [-0.1, -0.05) is 32.0 Å². The first-order valence-corrected chi connectivity index (χ1v) is 7.03. The number of aryl methyl sites for hydroxylation is 2. The van der Waals surface area contributed by atoms with Gasteiger partial charge in [0.2, 0.25) is 0 Å². The molecule has 0 radical (unpaired) electrons. The average molecular weight is 247 g/mol. The summed E-state index contributed by atoms with van der Waals surface area (Å²) in [6, 6.07) is 6.80. The van der Waals surface area contributed by atoms with Gasteiger partial charge in [0.05, 0.1) is 6.61 Å². The van der Waals surface area contributed by atoms with Crippen LogP contribution in [0.25, 0.3) is 0 Å². The summed E-state index contributed by atoms with van der Waals surface area (Å²) < 4.78 is 0. The molecule has 100 valence electrons. The highest BCUT2D eigenvalue weighted by atomic mass is 16.3.